The summed E-state index contributed by atoms with van der Waals surface area (Å²) in [5.74, 6) is 0.866. The van der Waals surface area contributed by atoms with Gasteiger partial charge in [0.15, 0.2) is 0 Å². The highest BCUT2D eigenvalue weighted by atomic mass is 16.5. The molecule has 1 aliphatic heterocycles. The number of likely N-dealkylation sites (tertiary alicyclic amines) is 1. The summed E-state index contributed by atoms with van der Waals surface area (Å²) in [7, 11) is 0. The number of piperidine rings is 1. The molecule has 1 atom stereocenters. The van der Waals surface area contributed by atoms with E-state index < -0.39 is 6.10 Å². The van der Waals surface area contributed by atoms with E-state index in [1.54, 1.807) is 0 Å². The van der Waals surface area contributed by atoms with Crippen LogP contribution in [0.25, 0.3) is 11.1 Å². The molecular formula is C31H35NO2. The third kappa shape index (κ3) is 4.96. The normalized spacial score (nSPS) is 17.4. The van der Waals surface area contributed by atoms with Gasteiger partial charge in [0.1, 0.15) is 18.5 Å². The summed E-state index contributed by atoms with van der Waals surface area (Å²) in [6, 6.07) is 25.1. The smallest absolute Gasteiger partial charge is 0.119 e. The fourth-order valence-corrected chi connectivity index (χ4v) is 5.45. The number of aryl methyl sites for hydroxylation is 2. The fraction of sp³-hybridized carbons (Fsp3) is 0.355. The molecule has 3 heteroatoms. The first-order valence-corrected chi connectivity index (χ1v) is 12.7. The van der Waals surface area contributed by atoms with E-state index in [0.717, 1.165) is 36.3 Å². The van der Waals surface area contributed by atoms with Crippen LogP contribution in [0.1, 0.15) is 59.6 Å². The maximum absolute atomic E-state index is 11.6. The van der Waals surface area contributed by atoms with Crippen molar-refractivity contribution in [2.45, 2.75) is 45.1 Å². The molecule has 0 saturated carbocycles. The van der Waals surface area contributed by atoms with E-state index in [4.69, 9.17) is 4.74 Å². The lowest BCUT2D eigenvalue weighted by Crippen LogP contribution is -2.33. The maximum atomic E-state index is 11.6. The van der Waals surface area contributed by atoms with Crippen LogP contribution in [0.2, 0.25) is 0 Å². The number of rotatable bonds is 7. The predicted octanol–water partition coefficient (Wildman–Crippen LogP) is 6.45. The van der Waals surface area contributed by atoms with Gasteiger partial charge in [-0.1, -0.05) is 67.1 Å². The van der Waals surface area contributed by atoms with Crippen molar-refractivity contribution in [2.75, 3.05) is 26.2 Å². The highest BCUT2D eigenvalue weighted by Crippen LogP contribution is 2.44. The number of allylic oxidation sites excluding steroid dienone is 1. The van der Waals surface area contributed by atoms with Gasteiger partial charge < -0.3 is 9.84 Å². The number of aliphatic hydroxyl groups is 1. The van der Waals surface area contributed by atoms with Crippen LogP contribution in [0.5, 0.6) is 5.75 Å². The highest BCUT2D eigenvalue weighted by molar-refractivity contribution is 5.96. The third-order valence-electron chi connectivity index (χ3n) is 7.34. The molecule has 3 aromatic carbocycles. The van der Waals surface area contributed by atoms with Gasteiger partial charge >= 0.3 is 0 Å². The molecule has 0 spiro atoms. The summed E-state index contributed by atoms with van der Waals surface area (Å²) in [5.41, 5.74) is 8.16. The molecule has 2 aliphatic rings. The van der Waals surface area contributed by atoms with E-state index in [1.165, 1.54) is 60.2 Å². The summed E-state index contributed by atoms with van der Waals surface area (Å²) < 4.78 is 6.02. The van der Waals surface area contributed by atoms with Crippen molar-refractivity contribution in [2.24, 2.45) is 0 Å². The number of aliphatic hydroxyl groups excluding tert-OH is 1. The van der Waals surface area contributed by atoms with E-state index in [9.17, 15) is 5.11 Å². The first kappa shape index (κ1) is 22.9. The van der Waals surface area contributed by atoms with Crippen LogP contribution < -0.4 is 4.74 Å². The molecule has 1 heterocycles. The molecule has 1 aliphatic carbocycles. The molecular weight excluding hydrogens is 418 g/mol. The number of ether oxygens (including phenoxy) is 1. The summed E-state index contributed by atoms with van der Waals surface area (Å²) in [6.07, 6.45) is 5.21. The SMILES string of the molecule is Cc1ccccc1C1=C(C(O)c2ccc(OCCN3CCCCC3)cc2)c2ccccc2CC1. The number of hydrogen-bond acceptors (Lipinski definition) is 3. The lowest BCUT2D eigenvalue weighted by Gasteiger charge is -2.28. The van der Waals surface area contributed by atoms with Crippen molar-refractivity contribution in [3.8, 4) is 5.75 Å². The minimum absolute atomic E-state index is 0.682. The van der Waals surface area contributed by atoms with Crippen molar-refractivity contribution in [3.05, 3.63) is 101 Å². The minimum atomic E-state index is -0.682. The third-order valence-corrected chi connectivity index (χ3v) is 7.34. The number of hydrogen-bond donors (Lipinski definition) is 1. The van der Waals surface area contributed by atoms with Gasteiger partial charge in [-0.25, -0.2) is 0 Å². The van der Waals surface area contributed by atoms with Gasteiger partial charge in [0.05, 0.1) is 0 Å². The van der Waals surface area contributed by atoms with Crippen molar-refractivity contribution in [3.63, 3.8) is 0 Å². The van der Waals surface area contributed by atoms with Gasteiger partial charge in [0, 0.05) is 6.54 Å². The molecule has 0 aromatic heterocycles. The lowest BCUT2D eigenvalue weighted by molar-refractivity contribution is 0.183. The number of benzene rings is 3. The minimum Gasteiger partial charge on any atom is -0.492 e. The van der Waals surface area contributed by atoms with Gasteiger partial charge in [-0.05, 0) is 96.8 Å². The van der Waals surface area contributed by atoms with Crippen molar-refractivity contribution >= 4 is 11.1 Å². The molecule has 0 radical (unpaired) electrons. The zero-order chi connectivity index (χ0) is 23.3. The van der Waals surface area contributed by atoms with E-state index in [0.29, 0.717) is 6.61 Å². The standard InChI is InChI=1S/C31H35NO2/c1-23-9-3-5-11-27(23)29-18-15-24-10-4-6-12-28(24)30(29)31(33)25-13-16-26(17-14-25)34-22-21-32-19-7-2-8-20-32/h3-6,9-14,16-17,31,33H,2,7-8,15,18-22H2,1H3. The maximum Gasteiger partial charge on any atom is 0.119 e. The predicted molar refractivity (Wildman–Crippen MR) is 140 cm³/mol. The first-order valence-electron chi connectivity index (χ1n) is 12.7. The number of nitrogens with zero attached hydrogens (tertiary/aromatic N) is 1. The van der Waals surface area contributed by atoms with Crippen LogP contribution in [0.15, 0.2) is 72.8 Å². The van der Waals surface area contributed by atoms with Gasteiger partial charge in [-0.15, -0.1) is 0 Å². The van der Waals surface area contributed by atoms with E-state index in [2.05, 4.69) is 60.4 Å². The van der Waals surface area contributed by atoms with Crippen LogP contribution in [0.3, 0.4) is 0 Å². The zero-order valence-electron chi connectivity index (χ0n) is 20.2. The van der Waals surface area contributed by atoms with E-state index in [1.807, 2.05) is 24.3 Å². The molecule has 3 nitrogen and oxygen atoms in total. The van der Waals surface area contributed by atoms with Crippen molar-refractivity contribution in [1.29, 1.82) is 0 Å². The molecule has 1 N–H and O–H groups in total. The summed E-state index contributed by atoms with van der Waals surface area (Å²) in [6.45, 7) is 6.22. The molecule has 1 fully saturated rings. The Hall–Kier alpha value is -2.88. The topological polar surface area (TPSA) is 32.7 Å². The second kappa shape index (κ2) is 10.6. The van der Waals surface area contributed by atoms with Crippen LogP contribution in [-0.4, -0.2) is 36.2 Å². The quantitative estimate of drug-likeness (QED) is 0.446. The molecule has 0 bridgehead atoms. The van der Waals surface area contributed by atoms with E-state index in [-0.39, 0.29) is 0 Å². The molecule has 1 unspecified atom stereocenters. The molecule has 5 rings (SSSR count). The van der Waals surface area contributed by atoms with Crippen LogP contribution in [0.4, 0.5) is 0 Å². The Morgan fingerprint density at radius 2 is 1.53 bits per heavy atom. The largest absolute Gasteiger partial charge is 0.492 e. The van der Waals surface area contributed by atoms with Crippen LogP contribution in [0, 0.1) is 6.92 Å². The molecule has 176 valence electrons. The van der Waals surface area contributed by atoms with Crippen molar-refractivity contribution in [1.82, 2.24) is 4.90 Å². The Balaban J connectivity index is 1.38. The second-order valence-electron chi connectivity index (χ2n) is 9.59. The first-order chi connectivity index (χ1) is 16.7. The monoisotopic (exact) mass is 453 g/mol. The number of fused-ring (bicyclic) bond motifs is 1. The zero-order valence-corrected chi connectivity index (χ0v) is 20.2. The summed E-state index contributed by atoms with van der Waals surface area (Å²) in [5, 5.41) is 11.6. The average molecular weight is 454 g/mol. The molecule has 1 saturated heterocycles. The Morgan fingerprint density at radius 3 is 2.29 bits per heavy atom. The van der Waals surface area contributed by atoms with Gasteiger partial charge in [-0.3, -0.25) is 4.90 Å². The second-order valence-corrected chi connectivity index (χ2v) is 9.59. The fourth-order valence-electron chi connectivity index (χ4n) is 5.45. The van der Waals surface area contributed by atoms with Gasteiger partial charge in [-0.2, -0.15) is 0 Å². The van der Waals surface area contributed by atoms with Crippen molar-refractivity contribution < 1.29 is 9.84 Å². The molecule has 0 amide bonds. The van der Waals surface area contributed by atoms with Crippen LogP contribution in [-0.2, 0) is 6.42 Å². The van der Waals surface area contributed by atoms with Gasteiger partial charge in [0.25, 0.3) is 0 Å². The Bertz CT molecular complexity index is 1140. The Kier molecular flexibility index (Phi) is 7.13. The Labute approximate surface area is 203 Å². The van der Waals surface area contributed by atoms with Crippen LogP contribution >= 0.6 is 0 Å². The van der Waals surface area contributed by atoms with E-state index >= 15 is 0 Å². The summed E-state index contributed by atoms with van der Waals surface area (Å²) in [4.78, 5) is 2.49. The summed E-state index contributed by atoms with van der Waals surface area (Å²) >= 11 is 0. The molecule has 3 aromatic rings. The lowest BCUT2D eigenvalue weighted by atomic mass is 9.78. The Morgan fingerprint density at radius 1 is 0.824 bits per heavy atom. The van der Waals surface area contributed by atoms with Gasteiger partial charge in [0.2, 0.25) is 0 Å². The molecule has 34 heavy (non-hydrogen) atoms. The highest BCUT2D eigenvalue weighted by Gasteiger charge is 2.26. The average Bonchev–Trinajstić information content (AvgIpc) is 2.89.